The zero-order valence-corrected chi connectivity index (χ0v) is 14.7. The number of hydrogen-bond donors (Lipinski definition) is 1. The Morgan fingerprint density at radius 3 is 2.88 bits per heavy atom. The van der Waals surface area contributed by atoms with Gasteiger partial charge in [0.1, 0.15) is 5.92 Å². The number of aryl methyl sites for hydroxylation is 2. The zero-order valence-electron chi connectivity index (χ0n) is 14.7. The van der Waals surface area contributed by atoms with E-state index in [4.69, 9.17) is 0 Å². The Bertz CT molecular complexity index is 774. The summed E-state index contributed by atoms with van der Waals surface area (Å²) >= 11 is 0. The summed E-state index contributed by atoms with van der Waals surface area (Å²) in [6.45, 7) is 5.07. The molecule has 0 spiro atoms. The molecule has 1 aromatic carbocycles. The van der Waals surface area contributed by atoms with Crippen molar-refractivity contribution in [2.75, 3.05) is 18.0 Å². The molecular weight excluding hydrogens is 314 g/mol. The number of aromatic nitrogens is 1. The summed E-state index contributed by atoms with van der Waals surface area (Å²) < 4.78 is 0. The quantitative estimate of drug-likeness (QED) is 0.852. The molecule has 2 aromatic rings. The number of pyridine rings is 1. The van der Waals surface area contributed by atoms with Gasteiger partial charge in [-0.2, -0.15) is 0 Å². The van der Waals surface area contributed by atoms with Crippen LogP contribution >= 0.6 is 0 Å². The molecule has 0 saturated carbocycles. The van der Waals surface area contributed by atoms with Crippen molar-refractivity contribution in [3.63, 3.8) is 0 Å². The molecule has 5 heteroatoms. The van der Waals surface area contributed by atoms with Crippen molar-refractivity contribution in [3.05, 3.63) is 59.4 Å². The lowest BCUT2D eigenvalue weighted by molar-refractivity contribution is -0.132. The van der Waals surface area contributed by atoms with Crippen molar-refractivity contribution in [1.82, 2.24) is 10.3 Å². The van der Waals surface area contributed by atoms with Gasteiger partial charge in [-0.05, 0) is 49.6 Å². The molecule has 2 amide bonds. The minimum absolute atomic E-state index is 0.107. The monoisotopic (exact) mass is 337 g/mol. The topological polar surface area (TPSA) is 62.3 Å². The predicted octanol–water partition coefficient (Wildman–Crippen LogP) is 2.41. The third kappa shape index (κ3) is 3.87. The standard InChI is InChI=1S/C20H23N3O2/c1-14-6-7-15(2)18(13-14)23-12-9-17(20(23)25)19(24)22-11-8-16-5-3-4-10-21-16/h3-7,10,13,17H,8-9,11-12H2,1-2H3,(H,22,24). The molecule has 1 aromatic heterocycles. The Morgan fingerprint density at radius 2 is 2.12 bits per heavy atom. The summed E-state index contributed by atoms with van der Waals surface area (Å²) in [5.74, 6) is -0.888. The zero-order chi connectivity index (χ0) is 17.8. The fourth-order valence-electron chi connectivity index (χ4n) is 3.16. The van der Waals surface area contributed by atoms with Gasteiger partial charge in [-0.3, -0.25) is 14.6 Å². The number of anilines is 1. The van der Waals surface area contributed by atoms with E-state index >= 15 is 0 Å². The maximum Gasteiger partial charge on any atom is 0.239 e. The SMILES string of the molecule is Cc1ccc(C)c(N2CCC(C(=O)NCCc3ccccn3)C2=O)c1. The van der Waals surface area contributed by atoms with Gasteiger partial charge in [0.05, 0.1) is 0 Å². The lowest BCUT2D eigenvalue weighted by atomic mass is 10.1. The molecule has 1 aliphatic heterocycles. The van der Waals surface area contributed by atoms with E-state index in [9.17, 15) is 9.59 Å². The van der Waals surface area contributed by atoms with Gasteiger partial charge < -0.3 is 10.2 Å². The summed E-state index contributed by atoms with van der Waals surface area (Å²) in [4.78, 5) is 31.1. The number of nitrogens with zero attached hydrogens (tertiary/aromatic N) is 2. The van der Waals surface area contributed by atoms with Gasteiger partial charge in [-0.1, -0.05) is 18.2 Å². The highest BCUT2D eigenvalue weighted by molar-refractivity contribution is 6.09. The van der Waals surface area contributed by atoms with Crippen LogP contribution in [0.2, 0.25) is 0 Å². The van der Waals surface area contributed by atoms with Crippen LogP contribution in [0.3, 0.4) is 0 Å². The van der Waals surface area contributed by atoms with Gasteiger partial charge in [-0.25, -0.2) is 0 Å². The van der Waals surface area contributed by atoms with Gasteiger partial charge in [0.25, 0.3) is 0 Å². The smallest absolute Gasteiger partial charge is 0.239 e. The van der Waals surface area contributed by atoms with Crippen LogP contribution < -0.4 is 10.2 Å². The van der Waals surface area contributed by atoms with Gasteiger partial charge in [-0.15, -0.1) is 0 Å². The molecule has 1 unspecified atom stereocenters. The van der Waals surface area contributed by atoms with Crippen molar-refractivity contribution in [1.29, 1.82) is 0 Å². The van der Waals surface area contributed by atoms with E-state index < -0.39 is 5.92 Å². The molecule has 3 rings (SSSR count). The predicted molar refractivity (Wildman–Crippen MR) is 97.3 cm³/mol. The molecule has 5 nitrogen and oxygen atoms in total. The molecule has 25 heavy (non-hydrogen) atoms. The van der Waals surface area contributed by atoms with Crippen LogP contribution in [-0.4, -0.2) is 29.9 Å². The highest BCUT2D eigenvalue weighted by atomic mass is 16.2. The maximum absolute atomic E-state index is 12.7. The minimum Gasteiger partial charge on any atom is -0.355 e. The van der Waals surface area contributed by atoms with Crippen LogP contribution in [0.1, 0.15) is 23.2 Å². The summed E-state index contributed by atoms with van der Waals surface area (Å²) in [5.41, 5.74) is 4.00. The molecule has 1 fully saturated rings. The molecule has 0 aliphatic carbocycles. The molecular formula is C20H23N3O2. The van der Waals surface area contributed by atoms with Crippen LogP contribution in [0.25, 0.3) is 0 Å². The average molecular weight is 337 g/mol. The second kappa shape index (κ2) is 7.47. The number of nitrogens with one attached hydrogen (secondary N) is 1. The molecule has 1 N–H and O–H groups in total. The lowest BCUT2D eigenvalue weighted by Crippen LogP contribution is -2.37. The molecule has 1 atom stereocenters. The first-order chi connectivity index (χ1) is 12.1. The van der Waals surface area contributed by atoms with Crippen molar-refractivity contribution in [3.8, 4) is 0 Å². The molecule has 0 bridgehead atoms. The minimum atomic E-state index is -0.594. The van der Waals surface area contributed by atoms with Crippen LogP contribution in [0.15, 0.2) is 42.6 Å². The number of hydrogen-bond acceptors (Lipinski definition) is 3. The Kier molecular flexibility index (Phi) is 5.12. The maximum atomic E-state index is 12.7. The first kappa shape index (κ1) is 17.1. The van der Waals surface area contributed by atoms with E-state index in [1.165, 1.54) is 0 Å². The Labute approximate surface area is 148 Å². The van der Waals surface area contributed by atoms with Gasteiger partial charge in [0, 0.05) is 37.1 Å². The second-order valence-corrected chi connectivity index (χ2v) is 6.48. The van der Waals surface area contributed by atoms with Gasteiger partial charge in [0.2, 0.25) is 11.8 Å². The van der Waals surface area contributed by atoms with Crippen molar-refractivity contribution in [2.24, 2.45) is 5.92 Å². The van der Waals surface area contributed by atoms with Crippen molar-refractivity contribution in [2.45, 2.75) is 26.7 Å². The fourth-order valence-corrected chi connectivity index (χ4v) is 3.16. The lowest BCUT2D eigenvalue weighted by Gasteiger charge is -2.19. The Hall–Kier alpha value is -2.69. The molecule has 1 aliphatic rings. The first-order valence-electron chi connectivity index (χ1n) is 8.62. The number of carbonyl (C=O) groups excluding carboxylic acids is 2. The first-order valence-corrected chi connectivity index (χ1v) is 8.62. The van der Waals surface area contributed by atoms with Crippen LogP contribution in [-0.2, 0) is 16.0 Å². The molecule has 130 valence electrons. The van der Waals surface area contributed by atoms with Gasteiger partial charge >= 0.3 is 0 Å². The largest absolute Gasteiger partial charge is 0.355 e. The van der Waals surface area contributed by atoms with Crippen LogP contribution in [0.5, 0.6) is 0 Å². The number of benzene rings is 1. The average Bonchev–Trinajstić information content (AvgIpc) is 2.99. The Balaban J connectivity index is 1.59. The van der Waals surface area contributed by atoms with E-state index in [2.05, 4.69) is 10.3 Å². The Morgan fingerprint density at radius 1 is 1.28 bits per heavy atom. The molecule has 0 radical (unpaired) electrons. The number of carbonyl (C=O) groups is 2. The molecule has 1 saturated heterocycles. The van der Waals surface area contributed by atoms with Crippen molar-refractivity contribution >= 4 is 17.5 Å². The summed E-state index contributed by atoms with van der Waals surface area (Å²) in [6.07, 6.45) is 2.95. The summed E-state index contributed by atoms with van der Waals surface area (Å²) in [7, 11) is 0. The second-order valence-electron chi connectivity index (χ2n) is 6.48. The highest BCUT2D eigenvalue weighted by Crippen LogP contribution is 2.28. The normalized spacial score (nSPS) is 17.0. The van der Waals surface area contributed by atoms with E-state index in [1.807, 2.05) is 50.2 Å². The number of amides is 2. The van der Waals surface area contributed by atoms with E-state index in [0.29, 0.717) is 25.9 Å². The summed E-state index contributed by atoms with van der Waals surface area (Å²) in [5, 5.41) is 2.88. The van der Waals surface area contributed by atoms with Gasteiger partial charge in [0.15, 0.2) is 0 Å². The summed E-state index contributed by atoms with van der Waals surface area (Å²) in [6, 6.07) is 11.8. The fraction of sp³-hybridized carbons (Fsp3) is 0.350. The van der Waals surface area contributed by atoms with Crippen LogP contribution in [0, 0.1) is 19.8 Å². The number of rotatable bonds is 5. The van der Waals surface area contributed by atoms with E-state index in [0.717, 1.165) is 22.5 Å². The molecule has 2 heterocycles. The third-order valence-corrected chi connectivity index (χ3v) is 4.58. The third-order valence-electron chi connectivity index (χ3n) is 4.58. The van der Waals surface area contributed by atoms with Crippen molar-refractivity contribution < 1.29 is 9.59 Å². The van der Waals surface area contributed by atoms with Crippen LogP contribution in [0.4, 0.5) is 5.69 Å². The van der Waals surface area contributed by atoms with E-state index in [-0.39, 0.29) is 11.8 Å². The highest BCUT2D eigenvalue weighted by Gasteiger charge is 2.37. The van der Waals surface area contributed by atoms with E-state index in [1.54, 1.807) is 11.1 Å².